The van der Waals surface area contributed by atoms with Gasteiger partial charge in [-0.2, -0.15) is 0 Å². The molecular weight excluding hydrogens is 220 g/mol. The Bertz CT molecular complexity index is 351. The minimum atomic E-state index is -0.453. The Morgan fingerprint density at radius 1 is 1.35 bits per heavy atom. The highest BCUT2D eigenvalue weighted by Crippen LogP contribution is 2.12. The standard InChI is InChI=1S/C12H18N2O3/c1-2-16-11(7-13)8-17-10-5-3-9(4-6-10)12(14)15/h3-6,11H,2,7-8,13H2,1H3,(H2,14,15). The molecule has 1 amide bonds. The lowest BCUT2D eigenvalue weighted by Crippen LogP contribution is -2.30. The summed E-state index contributed by atoms with van der Waals surface area (Å²) in [7, 11) is 0. The maximum atomic E-state index is 10.9. The number of benzene rings is 1. The van der Waals surface area contributed by atoms with Gasteiger partial charge in [0, 0.05) is 18.7 Å². The third-order valence-corrected chi connectivity index (χ3v) is 2.24. The lowest BCUT2D eigenvalue weighted by Gasteiger charge is -2.15. The highest BCUT2D eigenvalue weighted by Gasteiger charge is 2.07. The van der Waals surface area contributed by atoms with E-state index in [1.165, 1.54) is 0 Å². The average Bonchev–Trinajstić information content (AvgIpc) is 2.35. The van der Waals surface area contributed by atoms with E-state index in [-0.39, 0.29) is 6.10 Å². The van der Waals surface area contributed by atoms with E-state index < -0.39 is 5.91 Å². The highest BCUT2D eigenvalue weighted by molar-refractivity contribution is 5.92. The summed E-state index contributed by atoms with van der Waals surface area (Å²) in [4.78, 5) is 10.9. The molecule has 1 rings (SSSR count). The van der Waals surface area contributed by atoms with Crippen molar-refractivity contribution in [3.8, 4) is 5.75 Å². The number of carbonyl (C=O) groups is 1. The van der Waals surface area contributed by atoms with Crippen molar-refractivity contribution in [2.75, 3.05) is 19.8 Å². The van der Waals surface area contributed by atoms with Crippen LogP contribution in [-0.2, 0) is 4.74 Å². The number of rotatable bonds is 7. The first kappa shape index (κ1) is 13.5. The summed E-state index contributed by atoms with van der Waals surface area (Å²) in [5.74, 6) is 0.207. The van der Waals surface area contributed by atoms with Crippen LogP contribution in [0.2, 0.25) is 0 Å². The number of carbonyl (C=O) groups excluding carboxylic acids is 1. The zero-order valence-electron chi connectivity index (χ0n) is 9.89. The molecule has 0 radical (unpaired) electrons. The first-order chi connectivity index (χ1) is 8.17. The number of hydrogen-bond acceptors (Lipinski definition) is 4. The third-order valence-electron chi connectivity index (χ3n) is 2.24. The molecule has 94 valence electrons. The summed E-state index contributed by atoms with van der Waals surface area (Å²) >= 11 is 0. The number of ether oxygens (including phenoxy) is 2. The molecule has 0 heterocycles. The number of amides is 1. The van der Waals surface area contributed by atoms with Crippen LogP contribution in [0.5, 0.6) is 5.75 Å². The number of primary amides is 1. The van der Waals surface area contributed by atoms with Crippen molar-refractivity contribution in [2.24, 2.45) is 11.5 Å². The fourth-order valence-corrected chi connectivity index (χ4v) is 1.32. The molecule has 0 bridgehead atoms. The first-order valence-electron chi connectivity index (χ1n) is 5.51. The lowest BCUT2D eigenvalue weighted by atomic mass is 10.2. The van der Waals surface area contributed by atoms with Crippen LogP contribution in [0, 0.1) is 0 Å². The Labute approximate surface area is 101 Å². The van der Waals surface area contributed by atoms with Crippen LogP contribution in [0.25, 0.3) is 0 Å². The molecule has 0 fully saturated rings. The van der Waals surface area contributed by atoms with Gasteiger partial charge in [-0.15, -0.1) is 0 Å². The van der Waals surface area contributed by atoms with Crippen molar-refractivity contribution >= 4 is 5.91 Å². The Balaban J connectivity index is 2.48. The summed E-state index contributed by atoms with van der Waals surface area (Å²) in [6.45, 7) is 3.31. The quantitative estimate of drug-likeness (QED) is 0.725. The zero-order valence-corrected chi connectivity index (χ0v) is 9.89. The molecule has 5 heteroatoms. The predicted octanol–water partition coefficient (Wildman–Crippen LogP) is 0.528. The lowest BCUT2D eigenvalue weighted by molar-refractivity contribution is 0.0337. The SMILES string of the molecule is CCOC(CN)COc1ccc(C(N)=O)cc1. The van der Waals surface area contributed by atoms with Gasteiger partial charge in [0.05, 0.1) is 0 Å². The molecule has 0 aliphatic heterocycles. The summed E-state index contributed by atoms with van der Waals surface area (Å²) in [5, 5.41) is 0. The second-order valence-electron chi connectivity index (χ2n) is 3.51. The Morgan fingerprint density at radius 3 is 2.47 bits per heavy atom. The van der Waals surface area contributed by atoms with E-state index in [4.69, 9.17) is 20.9 Å². The topological polar surface area (TPSA) is 87.6 Å². The molecule has 1 aromatic carbocycles. The molecular formula is C12H18N2O3. The molecule has 0 spiro atoms. The van der Waals surface area contributed by atoms with Gasteiger partial charge in [-0.05, 0) is 31.2 Å². The molecule has 0 aliphatic rings. The van der Waals surface area contributed by atoms with E-state index in [1.807, 2.05) is 6.92 Å². The highest BCUT2D eigenvalue weighted by atomic mass is 16.5. The van der Waals surface area contributed by atoms with Crippen LogP contribution in [0.15, 0.2) is 24.3 Å². The van der Waals surface area contributed by atoms with Gasteiger partial charge in [0.25, 0.3) is 0 Å². The molecule has 1 aromatic rings. The zero-order chi connectivity index (χ0) is 12.7. The largest absolute Gasteiger partial charge is 0.491 e. The van der Waals surface area contributed by atoms with Crippen LogP contribution in [0.1, 0.15) is 17.3 Å². The Hall–Kier alpha value is -1.59. The smallest absolute Gasteiger partial charge is 0.248 e. The van der Waals surface area contributed by atoms with Crippen LogP contribution >= 0.6 is 0 Å². The minimum absolute atomic E-state index is 0.115. The first-order valence-corrected chi connectivity index (χ1v) is 5.51. The maximum absolute atomic E-state index is 10.9. The van der Waals surface area contributed by atoms with Crippen molar-refractivity contribution in [3.05, 3.63) is 29.8 Å². The molecule has 5 nitrogen and oxygen atoms in total. The van der Waals surface area contributed by atoms with Gasteiger partial charge >= 0.3 is 0 Å². The molecule has 0 saturated carbocycles. The van der Waals surface area contributed by atoms with E-state index >= 15 is 0 Å². The fourth-order valence-electron chi connectivity index (χ4n) is 1.32. The maximum Gasteiger partial charge on any atom is 0.248 e. The predicted molar refractivity (Wildman–Crippen MR) is 64.9 cm³/mol. The Kier molecular flexibility index (Phi) is 5.45. The molecule has 17 heavy (non-hydrogen) atoms. The van der Waals surface area contributed by atoms with Gasteiger partial charge in [-0.25, -0.2) is 0 Å². The number of nitrogens with two attached hydrogens (primary N) is 2. The molecule has 0 aromatic heterocycles. The van der Waals surface area contributed by atoms with E-state index in [9.17, 15) is 4.79 Å². The number of hydrogen-bond donors (Lipinski definition) is 2. The van der Waals surface area contributed by atoms with Gasteiger partial charge in [0.2, 0.25) is 5.91 Å². The normalized spacial score (nSPS) is 12.1. The van der Waals surface area contributed by atoms with Gasteiger partial charge in [0.1, 0.15) is 18.5 Å². The summed E-state index contributed by atoms with van der Waals surface area (Å²) < 4.78 is 10.8. The minimum Gasteiger partial charge on any atom is -0.491 e. The summed E-state index contributed by atoms with van der Waals surface area (Å²) in [6.07, 6.45) is -0.115. The molecule has 1 unspecified atom stereocenters. The van der Waals surface area contributed by atoms with Crippen LogP contribution in [0.4, 0.5) is 0 Å². The van der Waals surface area contributed by atoms with Crippen molar-refractivity contribution < 1.29 is 14.3 Å². The Morgan fingerprint density at radius 2 is 2.00 bits per heavy atom. The second kappa shape index (κ2) is 6.88. The van der Waals surface area contributed by atoms with E-state index in [2.05, 4.69) is 0 Å². The molecule has 4 N–H and O–H groups in total. The average molecular weight is 238 g/mol. The third kappa shape index (κ3) is 4.42. The van der Waals surface area contributed by atoms with Gasteiger partial charge < -0.3 is 20.9 Å². The van der Waals surface area contributed by atoms with Crippen LogP contribution in [-0.4, -0.2) is 31.8 Å². The fraction of sp³-hybridized carbons (Fsp3) is 0.417. The molecule has 1 atom stereocenters. The molecule has 0 saturated heterocycles. The van der Waals surface area contributed by atoms with Gasteiger partial charge in [-0.1, -0.05) is 0 Å². The van der Waals surface area contributed by atoms with E-state index in [0.29, 0.717) is 31.1 Å². The summed E-state index contributed by atoms with van der Waals surface area (Å²) in [6, 6.07) is 6.63. The van der Waals surface area contributed by atoms with Crippen LogP contribution < -0.4 is 16.2 Å². The monoisotopic (exact) mass is 238 g/mol. The van der Waals surface area contributed by atoms with Gasteiger partial charge in [-0.3, -0.25) is 4.79 Å². The second-order valence-corrected chi connectivity index (χ2v) is 3.51. The van der Waals surface area contributed by atoms with Crippen molar-refractivity contribution in [1.82, 2.24) is 0 Å². The van der Waals surface area contributed by atoms with Gasteiger partial charge in [0.15, 0.2) is 0 Å². The summed E-state index contributed by atoms with van der Waals surface area (Å²) in [5.41, 5.74) is 11.1. The molecule has 0 aliphatic carbocycles. The van der Waals surface area contributed by atoms with Crippen molar-refractivity contribution in [2.45, 2.75) is 13.0 Å². The van der Waals surface area contributed by atoms with E-state index in [0.717, 1.165) is 0 Å². The van der Waals surface area contributed by atoms with Crippen LogP contribution in [0.3, 0.4) is 0 Å². The van der Waals surface area contributed by atoms with Crippen molar-refractivity contribution in [1.29, 1.82) is 0 Å². The van der Waals surface area contributed by atoms with Crippen molar-refractivity contribution in [3.63, 3.8) is 0 Å². The van der Waals surface area contributed by atoms with E-state index in [1.54, 1.807) is 24.3 Å².